The first kappa shape index (κ1) is 16.8. The molecular weight excluding hydrogens is 302 g/mol. The first-order valence-corrected chi connectivity index (χ1v) is 9.38. The van der Waals surface area contributed by atoms with Crippen molar-refractivity contribution in [2.75, 3.05) is 39.5 Å². The Balaban J connectivity index is 1.71. The molecule has 21 heavy (non-hydrogen) atoms. The lowest BCUT2D eigenvalue weighted by atomic mass is 10.2. The van der Waals surface area contributed by atoms with Crippen LogP contribution in [0.4, 0.5) is 0 Å². The van der Waals surface area contributed by atoms with E-state index in [1.165, 1.54) is 17.7 Å². The smallest absolute Gasteiger partial charge is 0.230 e. The Hall–Kier alpha value is -0.560. The molecule has 1 saturated heterocycles. The molecule has 1 aliphatic heterocycles. The van der Waals surface area contributed by atoms with Crippen LogP contribution in [0.25, 0.3) is 0 Å². The highest BCUT2D eigenvalue weighted by Crippen LogP contribution is 2.23. The minimum absolute atomic E-state index is 0.155. The van der Waals surface area contributed by atoms with Gasteiger partial charge < -0.3 is 15.5 Å². The second kappa shape index (κ2) is 8.78. The summed E-state index contributed by atoms with van der Waals surface area (Å²) in [6.45, 7) is 2.85. The maximum atomic E-state index is 12.0. The van der Waals surface area contributed by atoms with Crippen LogP contribution in [0.5, 0.6) is 0 Å². The van der Waals surface area contributed by atoms with E-state index < -0.39 is 0 Å². The number of nitrogens with zero attached hydrogens (tertiary/aromatic N) is 1. The summed E-state index contributed by atoms with van der Waals surface area (Å²) < 4.78 is 0. The van der Waals surface area contributed by atoms with Gasteiger partial charge in [0, 0.05) is 16.7 Å². The molecule has 1 fully saturated rings. The Labute approximate surface area is 135 Å². The van der Waals surface area contributed by atoms with Gasteiger partial charge in [-0.3, -0.25) is 4.79 Å². The molecule has 2 N–H and O–H groups in total. The van der Waals surface area contributed by atoms with Crippen LogP contribution >= 0.6 is 23.1 Å². The molecule has 2 heterocycles. The van der Waals surface area contributed by atoms with E-state index in [0.717, 1.165) is 13.1 Å². The summed E-state index contributed by atoms with van der Waals surface area (Å²) in [7, 11) is 4.11. The molecule has 0 radical (unpaired) electrons. The van der Waals surface area contributed by atoms with Gasteiger partial charge in [0.2, 0.25) is 5.91 Å². The average molecular weight is 328 g/mol. The summed E-state index contributed by atoms with van der Waals surface area (Å²) in [6, 6.07) is 4.45. The lowest BCUT2D eigenvalue weighted by Crippen LogP contribution is -2.36. The quantitative estimate of drug-likeness (QED) is 0.803. The summed E-state index contributed by atoms with van der Waals surface area (Å²) in [5, 5.41) is 9.16. The lowest BCUT2D eigenvalue weighted by Gasteiger charge is -2.24. The van der Waals surface area contributed by atoms with Crippen LogP contribution < -0.4 is 10.6 Å². The Morgan fingerprint density at radius 3 is 2.90 bits per heavy atom. The van der Waals surface area contributed by atoms with E-state index in [0.29, 0.717) is 17.5 Å². The Morgan fingerprint density at radius 1 is 1.52 bits per heavy atom. The van der Waals surface area contributed by atoms with Crippen molar-refractivity contribution in [1.82, 2.24) is 15.5 Å². The van der Waals surface area contributed by atoms with Gasteiger partial charge in [-0.1, -0.05) is 6.07 Å². The summed E-state index contributed by atoms with van der Waals surface area (Å²) in [5.74, 6) is 0.733. The van der Waals surface area contributed by atoms with Gasteiger partial charge in [0.25, 0.3) is 0 Å². The molecule has 1 atom stereocenters. The van der Waals surface area contributed by atoms with Crippen molar-refractivity contribution in [1.29, 1.82) is 0 Å². The van der Waals surface area contributed by atoms with Crippen LogP contribution in [-0.4, -0.2) is 55.5 Å². The van der Waals surface area contributed by atoms with Gasteiger partial charge in [0.15, 0.2) is 0 Å². The summed E-state index contributed by atoms with van der Waals surface area (Å²) in [5.41, 5.74) is 0. The Bertz CT molecular complexity index is 417. The van der Waals surface area contributed by atoms with Crippen molar-refractivity contribution in [2.24, 2.45) is 0 Å². The van der Waals surface area contributed by atoms with E-state index in [2.05, 4.69) is 47.1 Å². The number of nitrogens with one attached hydrogen (secondary N) is 2. The number of hydrogen-bond donors (Lipinski definition) is 2. The van der Waals surface area contributed by atoms with Crippen molar-refractivity contribution >= 4 is 29.0 Å². The normalized spacial score (nSPS) is 17.9. The first-order valence-electron chi connectivity index (χ1n) is 7.45. The number of thioether (sulfide) groups is 1. The van der Waals surface area contributed by atoms with Gasteiger partial charge in [-0.25, -0.2) is 0 Å². The minimum atomic E-state index is 0.155. The molecular formula is C15H25N3OS2. The minimum Gasteiger partial charge on any atom is -0.353 e. The molecule has 1 aliphatic rings. The molecule has 4 nitrogen and oxygen atoms in total. The predicted molar refractivity (Wildman–Crippen MR) is 92.1 cm³/mol. The lowest BCUT2D eigenvalue weighted by molar-refractivity contribution is -0.118. The van der Waals surface area contributed by atoms with Crippen LogP contribution in [0.3, 0.4) is 0 Å². The highest BCUT2D eigenvalue weighted by molar-refractivity contribution is 8.00. The van der Waals surface area contributed by atoms with Gasteiger partial charge in [-0.15, -0.1) is 23.1 Å². The number of amides is 1. The summed E-state index contributed by atoms with van der Waals surface area (Å²) >= 11 is 3.54. The van der Waals surface area contributed by atoms with Gasteiger partial charge >= 0.3 is 0 Å². The first-order chi connectivity index (χ1) is 10.2. The Kier molecular flexibility index (Phi) is 7.03. The zero-order chi connectivity index (χ0) is 15.1. The molecule has 0 bridgehead atoms. The number of thiophene rings is 1. The van der Waals surface area contributed by atoms with Crippen molar-refractivity contribution in [3.05, 3.63) is 22.4 Å². The maximum Gasteiger partial charge on any atom is 0.230 e. The molecule has 0 saturated carbocycles. The molecule has 1 unspecified atom stereocenters. The van der Waals surface area contributed by atoms with Crippen LogP contribution in [-0.2, 0) is 4.79 Å². The topological polar surface area (TPSA) is 44.4 Å². The number of piperidine rings is 1. The van der Waals surface area contributed by atoms with Gasteiger partial charge in [-0.05, 0) is 51.5 Å². The van der Waals surface area contributed by atoms with Crippen molar-refractivity contribution in [3.63, 3.8) is 0 Å². The predicted octanol–water partition coefficient (Wildman–Crippen LogP) is 1.95. The van der Waals surface area contributed by atoms with Gasteiger partial charge in [-0.2, -0.15) is 0 Å². The monoisotopic (exact) mass is 327 g/mol. The van der Waals surface area contributed by atoms with Gasteiger partial charge in [0.05, 0.1) is 11.8 Å². The maximum absolute atomic E-state index is 12.0. The van der Waals surface area contributed by atoms with E-state index in [9.17, 15) is 4.79 Å². The van der Waals surface area contributed by atoms with E-state index in [4.69, 9.17) is 0 Å². The van der Waals surface area contributed by atoms with Crippen molar-refractivity contribution < 1.29 is 4.79 Å². The molecule has 1 amide bonds. The third-order valence-electron chi connectivity index (χ3n) is 3.72. The second-order valence-electron chi connectivity index (χ2n) is 5.56. The zero-order valence-electron chi connectivity index (χ0n) is 12.8. The number of hydrogen-bond acceptors (Lipinski definition) is 5. The highest BCUT2D eigenvalue weighted by atomic mass is 32.2. The molecule has 0 spiro atoms. The second-order valence-corrected chi connectivity index (χ2v) is 7.83. The van der Waals surface area contributed by atoms with E-state index >= 15 is 0 Å². The van der Waals surface area contributed by atoms with Crippen LogP contribution in [0.2, 0.25) is 0 Å². The van der Waals surface area contributed by atoms with E-state index in [1.54, 1.807) is 23.1 Å². The van der Waals surface area contributed by atoms with Gasteiger partial charge in [0.1, 0.15) is 0 Å². The fourth-order valence-corrected chi connectivity index (χ4v) is 4.42. The van der Waals surface area contributed by atoms with Crippen molar-refractivity contribution in [2.45, 2.75) is 24.1 Å². The molecule has 1 aromatic heterocycles. The fourth-order valence-electron chi connectivity index (χ4n) is 2.44. The molecule has 0 aromatic carbocycles. The number of likely N-dealkylation sites (N-methyl/N-ethyl adjacent to an activating group) is 1. The summed E-state index contributed by atoms with van der Waals surface area (Å²) in [6.07, 6.45) is 2.35. The molecule has 0 aliphatic carbocycles. The van der Waals surface area contributed by atoms with E-state index in [-0.39, 0.29) is 11.9 Å². The Morgan fingerprint density at radius 2 is 2.29 bits per heavy atom. The fraction of sp³-hybridized carbons (Fsp3) is 0.667. The molecule has 118 valence electrons. The van der Waals surface area contributed by atoms with Crippen LogP contribution in [0, 0.1) is 0 Å². The SMILES string of the molecule is CN(C)C(CNC(=O)CSC1CCNCC1)c1cccs1. The number of carbonyl (C=O) groups is 1. The molecule has 6 heteroatoms. The molecule has 1 aromatic rings. The molecule has 2 rings (SSSR count). The standard InChI is InChI=1S/C15H25N3OS2/c1-18(2)13(14-4-3-9-20-14)10-17-15(19)11-21-12-5-7-16-8-6-12/h3-4,9,12-13,16H,5-8,10-11H2,1-2H3,(H,17,19). The van der Waals surface area contributed by atoms with E-state index in [1.807, 2.05) is 0 Å². The highest BCUT2D eigenvalue weighted by Gasteiger charge is 2.18. The number of carbonyl (C=O) groups excluding carboxylic acids is 1. The van der Waals surface area contributed by atoms with Crippen LogP contribution in [0.1, 0.15) is 23.8 Å². The average Bonchev–Trinajstić information content (AvgIpc) is 3.00. The number of rotatable bonds is 7. The largest absolute Gasteiger partial charge is 0.353 e. The summed E-state index contributed by atoms with van der Waals surface area (Å²) in [4.78, 5) is 15.5. The third-order valence-corrected chi connectivity index (χ3v) is 6.07. The zero-order valence-corrected chi connectivity index (χ0v) is 14.4. The van der Waals surface area contributed by atoms with Crippen molar-refractivity contribution in [3.8, 4) is 0 Å². The third kappa shape index (κ3) is 5.62. The van der Waals surface area contributed by atoms with Crippen LogP contribution in [0.15, 0.2) is 17.5 Å².